The Morgan fingerprint density at radius 2 is 2.05 bits per heavy atom. The minimum atomic E-state index is 0.827. The number of aromatic nitrogens is 1. The van der Waals surface area contributed by atoms with Crippen LogP contribution in [0.3, 0.4) is 0 Å². The summed E-state index contributed by atoms with van der Waals surface area (Å²) in [6.07, 6.45) is 1.88. The average molecular weight is 254 g/mol. The van der Waals surface area contributed by atoms with Gasteiger partial charge in [0.25, 0.3) is 0 Å². The molecular formula is C16H20N3+. The molecule has 3 rings (SSSR count). The molecule has 1 aliphatic rings. The van der Waals surface area contributed by atoms with Gasteiger partial charge < -0.3 is 4.90 Å². The third-order valence-corrected chi connectivity index (χ3v) is 3.89. The van der Waals surface area contributed by atoms with Crippen LogP contribution < -0.4 is 9.38 Å². The number of hydrogen-bond donors (Lipinski definition) is 0. The van der Waals surface area contributed by atoms with E-state index in [-0.39, 0.29) is 0 Å². The Morgan fingerprint density at radius 1 is 1.21 bits per heavy atom. The Hall–Kier alpha value is -1.87. The molecule has 98 valence electrons. The highest BCUT2D eigenvalue weighted by molar-refractivity contribution is 5.58. The molecule has 1 aliphatic heterocycles. The van der Waals surface area contributed by atoms with Crippen molar-refractivity contribution >= 4 is 11.5 Å². The van der Waals surface area contributed by atoms with Gasteiger partial charge in [-0.25, -0.2) is 4.98 Å². The van der Waals surface area contributed by atoms with Crippen LogP contribution in [0.1, 0.15) is 11.1 Å². The molecule has 0 saturated carbocycles. The van der Waals surface area contributed by atoms with Crippen molar-refractivity contribution < 1.29 is 0 Å². The molecule has 3 nitrogen and oxygen atoms in total. The van der Waals surface area contributed by atoms with Crippen molar-refractivity contribution in [1.82, 2.24) is 9.47 Å². The Bertz CT molecular complexity index is 594. The number of anilines is 1. The first kappa shape index (κ1) is 12.2. The van der Waals surface area contributed by atoms with Crippen LogP contribution in [0, 0.1) is 6.92 Å². The van der Waals surface area contributed by atoms with Gasteiger partial charge in [0.15, 0.2) is 6.67 Å². The minimum absolute atomic E-state index is 0.827. The molecule has 3 heteroatoms. The molecule has 0 spiro atoms. The van der Waals surface area contributed by atoms with E-state index < -0.39 is 0 Å². The van der Waals surface area contributed by atoms with Crippen LogP contribution in [0.5, 0.6) is 0 Å². The summed E-state index contributed by atoms with van der Waals surface area (Å²) in [5.74, 6) is 1.13. The van der Waals surface area contributed by atoms with E-state index in [0.29, 0.717) is 0 Å². The molecule has 1 atom stereocenters. The average Bonchev–Trinajstić information content (AvgIpc) is 2.39. The number of rotatable bonds is 1. The molecule has 0 radical (unpaired) electrons. The monoisotopic (exact) mass is 254 g/mol. The van der Waals surface area contributed by atoms with Gasteiger partial charge in [0, 0.05) is 30.6 Å². The summed E-state index contributed by atoms with van der Waals surface area (Å²) < 4.78 is 0.827. The van der Waals surface area contributed by atoms with Crippen molar-refractivity contribution in [3.05, 3.63) is 53.7 Å². The number of benzene rings is 1. The van der Waals surface area contributed by atoms with Gasteiger partial charge in [-0.1, -0.05) is 17.7 Å². The lowest BCUT2D eigenvalue weighted by molar-refractivity contribution is 0.303. The summed E-state index contributed by atoms with van der Waals surface area (Å²) in [5, 5.41) is 0. The smallest absolute Gasteiger partial charge is 0.228 e. The lowest BCUT2D eigenvalue weighted by Gasteiger charge is -2.41. The molecule has 0 saturated heterocycles. The molecule has 2 aromatic rings. The van der Waals surface area contributed by atoms with Gasteiger partial charge in [-0.15, -0.1) is 0 Å². The Balaban J connectivity index is 2.05. The van der Waals surface area contributed by atoms with Gasteiger partial charge >= 0.3 is 0 Å². The number of pyridine rings is 1. The van der Waals surface area contributed by atoms with Crippen molar-refractivity contribution in [2.24, 2.45) is 0 Å². The quantitative estimate of drug-likeness (QED) is 0.727. The van der Waals surface area contributed by atoms with Crippen molar-refractivity contribution in [2.75, 3.05) is 25.7 Å². The van der Waals surface area contributed by atoms with Gasteiger partial charge in [-0.2, -0.15) is 0 Å². The second-order valence-electron chi connectivity index (χ2n) is 5.71. The summed E-state index contributed by atoms with van der Waals surface area (Å²) in [5.41, 5.74) is 4.07. The maximum absolute atomic E-state index is 4.55. The molecule has 0 N–H and O–H groups in total. The number of quaternary nitrogens is 1. The molecule has 19 heavy (non-hydrogen) atoms. The van der Waals surface area contributed by atoms with E-state index in [9.17, 15) is 0 Å². The fourth-order valence-electron chi connectivity index (χ4n) is 3.01. The maximum atomic E-state index is 4.55. The standard InChI is InChI=1S/C16H20N3/c1-13-7-8-15-14(10-13)11-19(3,12-18(15)2)16-6-4-5-9-17-16/h4-10H,11-12H2,1-3H3/q+1. The van der Waals surface area contributed by atoms with Gasteiger partial charge in [0.05, 0.1) is 7.05 Å². The lowest BCUT2D eigenvalue weighted by Crippen LogP contribution is -2.54. The Kier molecular flexibility index (Phi) is 2.79. The molecule has 1 aromatic carbocycles. The summed E-state index contributed by atoms with van der Waals surface area (Å²) in [6.45, 7) is 4.10. The maximum Gasteiger partial charge on any atom is 0.228 e. The molecule has 0 aliphatic carbocycles. The van der Waals surface area contributed by atoms with E-state index in [0.717, 1.165) is 23.5 Å². The minimum Gasteiger partial charge on any atom is -0.327 e. The molecule has 0 amide bonds. The van der Waals surface area contributed by atoms with E-state index in [1.807, 2.05) is 12.3 Å². The van der Waals surface area contributed by atoms with Gasteiger partial charge in [-0.05, 0) is 25.1 Å². The molecule has 0 bridgehead atoms. The Labute approximate surface area is 114 Å². The van der Waals surface area contributed by atoms with E-state index in [2.05, 4.69) is 61.2 Å². The Morgan fingerprint density at radius 3 is 2.79 bits per heavy atom. The zero-order chi connectivity index (χ0) is 13.5. The zero-order valence-electron chi connectivity index (χ0n) is 11.8. The van der Waals surface area contributed by atoms with Crippen LogP contribution in [0.4, 0.5) is 11.5 Å². The highest BCUT2D eigenvalue weighted by Gasteiger charge is 2.34. The topological polar surface area (TPSA) is 16.1 Å². The predicted octanol–water partition coefficient (Wildman–Crippen LogP) is 2.93. The number of fused-ring (bicyclic) bond motifs is 1. The molecule has 2 heterocycles. The first-order valence-corrected chi connectivity index (χ1v) is 6.65. The first-order chi connectivity index (χ1) is 9.08. The summed E-state index contributed by atoms with van der Waals surface area (Å²) in [7, 11) is 4.41. The second-order valence-corrected chi connectivity index (χ2v) is 5.71. The highest BCUT2D eigenvalue weighted by atomic mass is 15.5. The van der Waals surface area contributed by atoms with Gasteiger partial charge in [-0.3, -0.25) is 4.48 Å². The fraction of sp³-hybridized carbons (Fsp3) is 0.312. The van der Waals surface area contributed by atoms with Gasteiger partial charge in [0.1, 0.15) is 6.54 Å². The van der Waals surface area contributed by atoms with Crippen LogP contribution in [-0.2, 0) is 6.54 Å². The van der Waals surface area contributed by atoms with Crippen molar-refractivity contribution in [2.45, 2.75) is 13.5 Å². The number of hydrogen-bond acceptors (Lipinski definition) is 2. The normalized spacial score (nSPS) is 22.2. The largest absolute Gasteiger partial charge is 0.327 e. The highest BCUT2D eigenvalue weighted by Crippen LogP contribution is 2.33. The van der Waals surface area contributed by atoms with Crippen LogP contribution in [0.2, 0.25) is 0 Å². The third-order valence-electron chi connectivity index (χ3n) is 3.89. The van der Waals surface area contributed by atoms with Crippen LogP contribution >= 0.6 is 0 Å². The number of nitrogens with zero attached hydrogens (tertiary/aromatic N) is 3. The van der Waals surface area contributed by atoms with Crippen molar-refractivity contribution in [3.8, 4) is 0 Å². The fourth-order valence-corrected chi connectivity index (χ4v) is 3.01. The van der Waals surface area contributed by atoms with E-state index in [1.165, 1.54) is 16.8 Å². The lowest BCUT2D eigenvalue weighted by atomic mass is 10.0. The first-order valence-electron chi connectivity index (χ1n) is 6.65. The summed E-state index contributed by atoms with van der Waals surface area (Å²) >= 11 is 0. The van der Waals surface area contributed by atoms with Crippen molar-refractivity contribution in [1.29, 1.82) is 0 Å². The van der Waals surface area contributed by atoms with Crippen molar-refractivity contribution in [3.63, 3.8) is 0 Å². The molecule has 0 fully saturated rings. The zero-order valence-corrected chi connectivity index (χ0v) is 11.8. The van der Waals surface area contributed by atoms with E-state index >= 15 is 0 Å². The van der Waals surface area contributed by atoms with Crippen LogP contribution in [0.15, 0.2) is 42.6 Å². The van der Waals surface area contributed by atoms with Crippen LogP contribution in [-0.4, -0.2) is 25.7 Å². The SMILES string of the molecule is Cc1ccc2c(c1)C[N+](C)(c1ccccn1)CN2C. The van der Waals surface area contributed by atoms with Crippen LogP contribution in [0.25, 0.3) is 0 Å². The second kappa shape index (κ2) is 4.35. The number of aryl methyl sites for hydroxylation is 1. The molecular weight excluding hydrogens is 234 g/mol. The molecule has 1 aromatic heterocycles. The summed E-state index contributed by atoms with van der Waals surface area (Å²) in [4.78, 5) is 6.88. The van der Waals surface area contributed by atoms with Gasteiger partial charge in [0.2, 0.25) is 5.82 Å². The molecule has 1 unspecified atom stereocenters. The van der Waals surface area contributed by atoms with E-state index in [4.69, 9.17) is 0 Å². The van der Waals surface area contributed by atoms with E-state index in [1.54, 1.807) is 0 Å². The third kappa shape index (κ3) is 2.10. The predicted molar refractivity (Wildman–Crippen MR) is 80.1 cm³/mol. The summed E-state index contributed by atoms with van der Waals surface area (Å²) in [6, 6.07) is 12.9.